The van der Waals surface area contributed by atoms with Crippen LogP contribution in [0.4, 0.5) is 5.69 Å². The van der Waals surface area contributed by atoms with Crippen LogP contribution >= 0.6 is 0 Å². The van der Waals surface area contributed by atoms with E-state index in [4.69, 9.17) is 19.2 Å². The lowest BCUT2D eigenvalue weighted by Crippen LogP contribution is -2.47. The van der Waals surface area contributed by atoms with Gasteiger partial charge in [-0.25, -0.2) is 9.67 Å². The molecular weight excluding hydrogens is 550 g/mol. The summed E-state index contributed by atoms with van der Waals surface area (Å²) < 4.78 is 20.8. The lowest BCUT2D eigenvalue weighted by atomic mass is 10.1. The summed E-state index contributed by atoms with van der Waals surface area (Å²) in [6.07, 6.45) is 1.73. The summed E-state index contributed by atoms with van der Waals surface area (Å²) in [5.41, 5.74) is 3.39. The zero-order chi connectivity index (χ0) is 29.3. The highest BCUT2D eigenvalue weighted by Crippen LogP contribution is 2.37. The highest BCUT2D eigenvalue weighted by Gasteiger charge is 2.37. The molecule has 12 heteroatoms. The fourth-order valence-corrected chi connectivity index (χ4v) is 5.73. The molecule has 2 aromatic heterocycles. The smallest absolute Gasteiger partial charge is 0.251 e. The molecule has 12 nitrogen and oxygen atoms in total. The number of hydrogen-bond donors (Lipinski definition) is 1. The van der Waals surface area contributed by atoms with E-state index in [2.05, 4.69) is 15.6 Å². The predicted octanol–water partition coefficient (Wildman–Crippen LogP) is 3.16. The summed E-state index contributed by atoms with van der Waals surface area (Å²) in [5, 5.41) is 11.5. The van der Waals surface area contributed by atoms with Gasteiger partial charge >= 0.3 is 0 Å². The Labute approximate surface area is 247 Å². The quantitative estimate of drug-likeness (QED) is 0.296. The molecule has 0 spiro atoms. The lowest BCUT2D eigenvalue weighted by Gasteiger charge is -2.32. The topological polar surface area (TPSA) is 126 Å². The molecule has 5 aromatic rings. The predicted molar refractivity (Wildman–Crippen MR) is 158 cm³/mol. The number of imidazole rings is 1. The molecule has 2 atom stereocenters. The van der Waals surface area contributed by atoms with E-state index in [1.165, 1.54) is 4.90 Å². The van der Waals surface area contributed by atoms with Crippen LogP contribution in [0.5, 0.6) is 11.5 Å². The van der Waals surface area contributed by atoms with Crippen LogP contribution in [-0.4, -0.2) is 68.8 Å². The summed E-state index contributed by atoms with van der Waals surface area (Å²) in [7, 11) is 1.85. The van der Waals surface area contributed by atoms with Crippen molar-refractivity contribution in [2.75, 3.05) is 31.3 Å². The van der Waals surface area contributed by atoms with E-state index < -0.39 is 6.04 Å². The van der Waals surface area contributed by atoms with Crippen LogP contribution in [0.25, 0.3) is 22.1 Å². The van der Waals surface area contributed by atoms with Crippen LogP contribution in [0.2, 0.25) is 0 Å². The first-order chi connectivity index (χ1) is 21.1. The van der Waals surface area contributed by atoms with Crippen molar-refractivity contribution in [1.82, 2.24) is 29.9 Å². The first kappa shape index (κ1) is 26.9. The molecule has 1 fully saturated rings. The van der Waals surface area contributed by atoms with Crippen molar-refractivity contribution in [3.05, 3.63) is 72.6 Å². The van der Waals surface area contributed by atoms with Crippen molar-refractivity contribution in [2.24, 2.45) is 7.05 Å². The second-order valence-corrected chi connectivity index (χ2v) is 10.6. The van der Waals surface area contributed by atoms with E-state index >= 15 is 0 Å². The molecule has 0 aliphatic carbocycles. The molecule has 2 unspecified atom stereocenters. The van der Waals surface area contributed by atoms with Gasteiger partial charge in [0.15, 0.2) is 17.5 Å². The minimum Gasteiger partial charge on any atom is -0.486 e. The summed E-state index contributed by atoms with van der Waals surface area (Å²) in [4.78, 5) is 35.0. The highest BCUT2D eigenvalue weighted by molar-refractivity contribution is 6.02. The monoisotopic (exact) mass is 581 g/mol. The van der Waals surface area contributed by atoms with Gasteiger partial charge < -0.3 is 24.1 Å². The van der Waals surface area contributed by atoms with E-state index in [1.54, 1.807) is 22.9 Å². The van der Waals surface area contributed by atoms with Crippen LogP contribution in [0.3, 0.4) is 0 Å². The van der Waals surface area contributed by atoms with Gasteiger partial charge in [0.1, 0.15) is 31.1 Å². The average Bonchev–Trinajstić information content (AvgIpc) is 3.78. The minimum atomic E-state index is -1.12. The molecule has 7 rings (SSSR count). The van der Waals surface area contributed by atoms with E-state index in [-0.39, 0.29) is 24.5 Å². The van der Waals surface area contributed by atoms with Crippen molar-refractivity contribution in [3.63, 3.8) is 0 Å². The number of para-hydroxylation sites is 3. The van der Waals surface area contributed by atoms with Gasteiger partial charge in [-0.2, -0.15) is 0 Å². The molecule has 2 aliphatic rings. The van der Waals surface area contributed by atoms with Crippen molar-refractivity contribution in [1.29, 1.82) is 0 Å². The maximum atomic E-state index is 14.5. The fraction of sp³-hybridized carbons (Fsp3) is 0.323. The van der Waals surface area contributed by atoms with E-state index in [0.29, 0.717) is 65.9 Å². The van der Waals surface area contributed by atoms with Gasteiger partial charge in [-0.15, -0.1) is 5.10 Å². The number of rotatable bonds is 8. The maximum absolute atomic E-state index is 14.5. The van der Waals surface area contributed by atoms with Crippen molar-refractivity contribution < 1.29 is 23.8 Å². The maximum Gasteiger partial charge on any atom is 0.251 e. The third kappa shape index (κ3) is 5.14. The molecule has 1 N–H and O–H groups in total. The standard InChI is InChI=1S/C31H31N7O5/c1-36-24-10-4-2-8-22(24)33-30(36)29(31(40)32-18-21-7-6-14-41-21)38(20-12-13-26-27(17-20)43-16-15-42-26)28(39)19-37-25-11-5-3-9-23(25)34-35-37/h2-5,8-13,17,21,29H,6-7,14-16,18-19H2,1H3,(H,32,40). The van der Waals surface area contributed by atoms with E-state index in [1.807, 2.05) is 60.1 Å². The summed E-state index contributed by atoms with van der Waals surface area (Å²) in [5.74, 6) is 0.734. The SMILES string of the molecule is Cn1c(C(C(=O)NCC2CCCO2)N(C(=O)Cn2nnc3ccccc32)c2ccc3c(c2)OCCO3)nc2ccccc21. The van der Waals surface area contributed by atoms with Gasteiger partial charge in [0.05, 0.1) is 22.7 Å². The van der Waals surface area contributed by atoms with Gasteiger partial charge in [-0.1, -0.05) is 29.5 Å². The van der Waals surface area contributed by atoms with E-state index in [9.17, 15) is 9.59 Å². The summed E-state index contributed by atoms with van der Waals surface area (Å²) >= 11 is 0. The second kappa shape index (κ2) is 11.4. The van der Waals surface area contributed by atoms with Crippen LogP contribution in [0.1, 0.15) is 24.7 Å². The van der Waals surface area contributed by atoms with Crippen LogP contribution < -0.4 is 19.7 Å². The number of carbonyl (C=O) groups excluding carboxylic acids is 2. The highest BCUT2D eigenvalue weighted by atomic mass is 16.6. The number of hydrogen-bond acceptors (Lipinski definition) is 8. The molecule has 4 heterocycles. The molecular formula is C31H31N7O5. The lowest BCUT2D eigenvalue weighted by molar-refractivity contribution is -0.127. The second-order valence-electron chi connectivity index (χ2n) is 10.6. The van der Waals surface area contributed by atoms with Crippen LogP contribution in [0, 0.1) is 0 Å². The zero-order valence-electron chi connectivity index (χ0n) is 23.7. The number of amides is 2. The first-order valence-electron chi connectivity index (χ1n) is 14.4. The Morgan fingerprint density at radius 3 is 2.53 bits per heavy atom. The van der Waals surface area contributed by atoms with Gasteiger partial charge in [0, 0.05) is 32.0 Å². The normalized spacial score (nSPS) is 16.8. The number of nitrogens with zero attached hydrogens (tertiary/aromatic N) is 6. The molecule has 0 saturated carbocycles. The number of nitrogens with one attached hydrogen (secondary N) is 1. The first-order valence-corrected chi connectivity index (χ1v) is 14.4. The van der Waals surface area contributed by atoms with Gasteiger partial charge in [-0.3, -0.25) is 14.5 Å². The van der Waals surface area contributed by atoms with Gasteiger partial charge in [0.25, 0.3) is 5.91 Å². The zero-order valence-corrected chi connectivity index (χ0v) is 23.7. The summed E-state index contributed by atoms with van der Waals surface area (Å²) in [6.45, 7) is 1.65. The molecule has 1 saturated heterocycles. The number of anilines is 1. The number of carbonyl (C=O) groups is 2. The Hall–Kier alpha value is -4.97. The third-order valence-corrected chi connectivity index (χ3v) is 7.88. The largest absolute Gasteiger partial charge is 0.486 e. The Morgan fingerprint density at radius 2 is 1.74 bits per heavy atom. The fourth-order valence-electron chi connectivity index (χ4n) is 5.73. The van der Waals surface area contributed by atoms with Crippen LogP contribution in [-0.2, 0) is 27.9 Å². The van der Waals surface area contributed by atoms with Crippen molar-refractivity contribution in [3.8, 4) is 11.5 Å². The molecule has 2 amide bonds. The third-order valence-electron chi connectivity index (χ3n) is 7.88. The Balaban J connectivity index is 1.34. The number of benzene rings is 3. The number of ether oxygens (including phenoxy) is 3. The average molecular weight is 582 g/mol. The molecule has 0 bridgehead atoms. The molecule has 2 aliphatic heterocycles. The number of fused-ring (bicyclic) bond motifs is 3. The number of aryl methyl sites for hydroxylation is 1. The molecule has 43 heavy (non-hydrogen) atoms. The van der Waals surface area contributed by atoms with Crippen molar-refractivity contribution >= 4 is 39.6 Å². The van der Waals surface area contributed by atoms with E-state index in [0.717, 1.165) is 18.4 Å². The van der Waals surface area contributed by atoms with Gasteiger partial charge in [-0.05, 0) is 49.2 Å². The Kier molecular flexibility index (Phi) is 7.11. The molecule has 3 aromatic carbocycles. The Morgan fingerprint density at radius 1 is 0.977 bits per heavy atom. The Bertz CT molecular complexity index is 1810. The van der Waals surface area contributed by atoms with Gasteiger partial charge in [0.2, 0.25) is 5.91 Å². The minimum absolute atomic E-state index is 0.0787. The summed E-state index contributed by atoms with van der Waals surface area (Å²) in [6, 6.07) is 19.2. The molecule has 0 radical (unpaired) electrons. The van der Waals surface area contributed by atoms with Crippen molar-refractivity contribution in [2.45, 2.75) is 31.5 Å². The number of aromatic nitrogens is 5. The molecule has 220 valence electrons. The van der Waals surface area contributed by atoms with Crippen LogP contribution in [0.15, 0.2) is 66.7 Å².